The number of piperazine rings is 1. The van der Waals surface area contributed by atoms with Crippen molar-refractivity contribution in [2.24, 2.45) is 0 Å². The largest absolute Gasteiger partial charge is 0.328 e. The molecular weight excluding hydrogens is 364 g/mol. The van der Waals surface area contributed by atoms with Gasteiger partial charge in [-0.25, -0.2) is 8.42 Å². The maximum Gasteiger partial charge on any atom is 0.245 e. The fraction of sp³-hybridized carbons (Fsp3) is 0.300. The highest BCUT2D eigenvalue weighted by atomic mass is 32.2. The van der Waals surface area contributed by atoms with E-state index in [-0.39, 0.29) is 35.6 Å². The van der Waals surface area contributed by atoms with Gasteiger partial charge in [0, 0.05) is 13.1 Å². The molecule has 3 rings (SSSR count). The normalized spacial score (nSPS) is 18.0. The summed E-state index contributed by atoms with van der Waals surface area (Å²) < 4.78 is 24.9. The molecule has 0 unspecified atom stereocenters. The van der Waals surface area contributed by atoms with Gasteiger partial charge in [-0.1, -0.05) is 48.5 Å². The standard InChI is InChI=1S/C20H22N2O4S/c1-16-20(24)21(14-17-8-4-2-5-9-17)15-19(23)22(16)12-13-27(25,26)18-10-6-3-7-11-18/h2-11,16H,12-15H2,1H3/t16-/m1/s1. The number of benzene rings is 2. The Bertz CT molecular complexity index is 914. The van der Waals surface area contributed by atoms with Crippen LogP contribution in [0.4, 0.5) is 0 Å². The first-order valence-electron chi connectivity index (χ1n) is 8.78. The summed E-state index contributed by atoms with van der Waals surface area (Å²) in [5.74, 6) is -0.615. The van der Waals surface area contributed by atoms with Crippen LogP contribution in [0.5, 0.6) is 0 Å². The average Bonchev–Trinajstić information content (AvgIpc) is 2.67. The van der Waals surface area contributed by atoms with Gasteiger partial charge in [-0.2, -0.15) is 0 Å². The van der Waals surface area contributed by atoms with Gasteiger partial charge in [-0.05, 0) is 24.6 Å². The zero-order valence-electron chi connectivity index (χ0n) is 15.1. The first-order chi connectivity index (χ1) is 12.9. The second-order valence-electron chi connectivity index (χ2n) is 6.57. The first kappa shape index (κ1) is 19.1. The molecule has 1 fully saturated rings. The van der Waals surface area contributed by atoms with E-state index in [1.165, 1.54) is 21.9 Å². The van der Waals surface area contributed by atoms with Crippen molar-refractivity contribution in [1.29, 1.82) is 0 Å². The lowest BCUT2D eigenvalue weighted by molar-refractivity contribution is -0.155. The average molecular weight is 386 g/mol. The summed E-state index contributed by atoms with van der Waals surface area (Å²) in [5, 5.41) is 0. The van der Waals surface area contributed by atoms with Gasteiger partial charge in [-0.15, -0.1) is 0 Å². The van der Waals surface area contributed by atoms with Crippen LogP contribution in [0.1, 0.15) is 12.5 Å². The second-order valence-corrected chi connectivity index (χ2v) is 8.68. The molecule has 0 aliphatic carbocycles. The number of hydrogen-bond donors (Lipinski definition) is 0. The number of sulfone groups is 1. The molecule has 1 aliphatic rings. The van der Waals surface area contributed by atoms with Gasteiger partial charge < -0.3 is 9.80 Å². The minimum atomic E-state index is -3.50. The summed E-state index contributed by atoms with van der Waals surface area (Å²) in [5.41, 5.74) is 0.950. The van der Waals surface area contributed by atoms with Crippen molar-refractivity contribution in [1.82, 2.24) is 9.80 Å². The number of amides is 2. The quantitative estimate of drug-likeness (QED) is 0.758. The summed E-state index contributed by atoms with van der Waals surface area (Å²) in [6.45, 7) is 1.98. The molecule has 6 nitrogen and oxygen atoms in total. The molecule has 0 saturated carbocycles. The van der Waals surface area contributed by atoms with Gasteiger partial charge in [0.05, 0.1) is 10.6 Å². The van der Waals surface area contributed by atoms with Crippen molar-refractivity contribution in [3.63, 3.8) is 0 Å². The van der Waals surface area contributed by atoms with Crippen LogP contribution in [0.25, 0.3) is 0 Å². The van der Waals surface area contributed by atoms with E-state index in [4.69, 9.17) is 0 Å². The van der Waals surface area contributed by atoms with Crippen molar-refractivity contribution >= 4 is 21.7 Å². The Morgan fingerprint density at radius 2 is 1.56 bits per heavy atom. The third-order valence-corrected chi connectivity index (χ3v) is 6.41. The number of hydrogen-bond acceptors (Lipinski definition) is 4. The molecule has 2 aromatic carbocycles. The number of nitrogens with zero attached hydrogens (tertiary/aromatic N) is 2. The predicted molar refractivity (Wildman–Crippen MR) is 102 cm³/mol. The Balaban J connectivity index is 1.66. The van der Waals surface area contributed by atoms with E-state index in [1.54, 1.807) is 25.1 Å². The van der Waals surface area contributed by atoms with Crippen molar-refractivity contribution in [2.45, 2.75) is 24.4 Å². The monoisotopic (exact) mass is 386 g/mol. The molecule has 0 spiro atoms. The lowest BCUT2D eigenvalue weighted by Crippen LogP contribution is -2.59. The lowest BCUT2D eigenvalue weighted by atomic mass is 10.1. The highest BCUT2D eigenvalue weighted by Gasteiger charge is 2.36. The fourth-order valence-corrected chi connectivity index (χ4v) is 4.41. The molecule has 0 radical (unpaired) electrons. The Morgan fingerprint density at radius 1 is 0.963 bits per heavy atom. The summed E-state index contributed by atoms with van der Waals surface area (Å²) in [6, 6.07) is 16.9. The summed E-state index contributed by atoms with van der Waals surface area (Å²) in [6.07, 6.45) is 0. The molecule has 1 saturated heterocycles. The third-order valence-electron chi connectivity index (χ3n) is 4.70. The van der Waals surface area contributed by atoms with Crippen LogP contribution >= 0.6 is 0 Å². The Morgan fingerprint density at radius 3 is 2.19 bits per heavy atom. The summed E-state index contributed by atoms with van der Waals surface area (Å²) >= 11 is 0. The van der Waals surface area contributed by atoms with Crippen LogP contribution in [-0.4, -0.2) is 54.9 Å². The predicted octanol–water partition coefficient (Wildman–Crippen LogP) is 1.72. The third kappa shape index (κ3) is 4.36. The van der Waals surface area contributed by atoms with Crippen molar-refractivity contribution < 1.29 is 18.0 Å². The van der Waals surface area contributed by atoms with Gasteiger partial charge in [0.25, 0.3) is 0 Å². The van der Waals surface area contributed by atoms with E-state index in [1.807, 2.05) is 30.3 Å². The molecule has 1 atom stereocenters. The maximum absolute atomic E-state index is 12.7. The van der Waals surface area contributed by atoms with Crippen LogP contribution in [0.15, 0.2) is 65.6 Å². The maximum atomic E-state index is 12.7. The van der Waals surface area contributed by atoms with Crippen molar-refractivity contribution in [3.05, 3.63) is 66.2 Å². The topological polar surface area (TPSA) is 74.8 Å². The Labute approximate surface area is 159 Å². The minimum Gasteiger partial charge on any atom is -0.328 e. The van der Waals surface area contributed by atoms with E-state index in [0.29, 0.717) is 6.54 Å². The van der Waals surface area contributed by atoms with Crippen LogP contribution < -0.4 is 0 Å². The highest BCUT2D eigenvalue weighted by molar-refractivity contribution is 7.91. The van der Waals surface area contributed by atoms with Gasteiger partial charge in [0.15, 0.2) is 9.84 Å². The van der Waals surface area contributed by atoms with E-state index < -0.39 is 15.9 Å². The van der Waals surface area contributed by atoms with Crippen molar-refractivity contribution in [3.8, 4) is 0 Å². The number of carbonyl (C=O) groups is 2. The molecule has 2 amide bonds. The zero-order chi connectivity index (χ0) is 19.4. The second kappa shape index (κ2) is 7.92. The molecular formula is C20H22N2O4S. The molecule has 7 heteroatoms. The molecule has 0 bridgehead atoms. The van der Waals surface area contributed by atoms with Gasteiger partial charge in [0.1, 0.15) is 12.6 Å². The molecule has 1 heterocycles. The number of carbonyl (C=O) groups excluding carboxylic acids is 2. The minimum absolute atomic E-state index is 0.00213. The van der Waals surface area contributed by atoms with Gasteiger partial charge in [0.2, 0.25) is 11.8 Å². The SMILES string of the molecule is C[C@@H]1C(=O)N(Cc2ccccc2)CC(=O)N1CCS(=O)(=O)c1ccccc1. The molecule has 2 aromatic rings. The van der Waals surface area contributed by atoms with Crippen LogP contribution in [-0.2, 0) is 26.0 Å². The fourth-order valence-electron chi connectivity index (χ4n) is 3.17. The van der Waals surface area contributed by atoms with Crippen molar-refractivity contribution in [2.75, 3.05) is 18.8 Å². The van der Waals surface area contributed by atoms with Gasteiger partial charge >= 0.3 is 0 Å². The Hall–Kier alpha value is -2.67. The van der Waals surface area contributed by atoms with Gasteiger partial charge in [-0.3, -0.25) is 9.59 Å². The molecule has 0 N–H and O–H groups in total. The zero-order valence-corrected chi connectivity index (χ0v) is 15.9. The summed E-state index contributed by atoms with van der Waals surface area (Å²) in [4.78, 5) is 28.3. The molecule has 1 aliphatic heterocycles. The first-order valence-corrected chi connectivity index (χ1v) is 10.4. The molecule has 0 aromatic heterocycles. The van der Waals surface area contributed by atoms with E-state index >= 15 is 0 Å². The van der Waals surface area contributed by atoms with E-state index in [9.17, 15) is 18.0 Å². The lowest BCUT2D eigenvalue weighted by Gasteiger charge is -2.38. The Kier molecular flexibility index (Phi) is 5.60. The smallest absolute Gasteiger partial charge is 0.245 e. The summed E-state index contributed by atoms with van der Waals surface area (Å²) in [7, 11) is -3.50. The van der Waals surface area contributed by atoms with E-state index in [0.717, 1.165) is 5.56 Å². The number of rotatable bonds is 6. The van der Waals surface area contributed by atoms with E-state index in [2.05, 4.69) is 0 Å². The molecule has 27 heavy (non-hydrogen) atoms. The highest BCUT2D eigenvalue weighted by Crippen LogP contribution is 2.17. The van der Waals surface area contributed by atoms with Crippen LogP contribution in [0.3, 0.4) is 0 Å². The van der Waals surface area contributed by atoms with Crippen LogP contribution in [0.2, 0.25) is 0 Å². The van der Waals surface area contributed by atoms with Crippen LogP contribution in [0, 0.1) is 0 Å². The molecule has 142 valence electrons.